The molecule has 1 aromatic rings. The number of ketones is 2. The summed E-state index contributed by atoms with van der Waals surface area (Å²) in [6.45, 7) is 11.7. The van der Waals surface area contributed by atoms with E-state index in [0.717, 1.165) is 0 Å². The number of Topliss-reactive ketones (excluding diaryl/α,β-unsaturated/α-hetero) is 2. The number of aliphatic hydroxyl groups excluding tert-OH is 1. The Kier molecular flexibility index (Phi) is 6.37. The first-order chi connectivity index (χ1) is 16.4. The highest BCUT2D eigenvalue weighted by Gasteiger charge is 2.71. The molecule has 3 saturated carbocycles. The molecule has 7 heteroatoms. The molecule has 0 aliphatic heterocycles. The molecule has 0 heterocycles. The zero-order chi connectivity index (χ0) is 25.8. The Morgan fingerprint density at radius 1 is 1.20 bits per heavy atom. The molecule has 3 aliphatic carbocycles. The SMILES string of the molecule is C=C[C@]1(C)C[C@@H](OC(=O)Nc2ccc(OC)cc2)[C@]2(C)C(C)CC(=O)[C@]3(CCC(=O)[C@H]32)[C@@H](C)[C@@H]1O. The summed E-state index contributed by atoms with van der Waals surface area (Å²) in [7, 11) is 1.57. The van der Waals surface area contributed by atoms with Gasteiger partial charge in [0.15, 0.2) is 0 Å². The van der Waals surface area contributed by atoms with Crippen LogP contribution in [0.2, 0.25) is 0 Å². The van der Waals surface area contributed by atoms with E-state index in [1.165, 1.54) is 0 Å². The Hall–Kier alpha value is -2.67. The molecular formula is C28H37NO6. The van der Waals surface area contributed by atoms with E-state index in [-0.39, 0.29) is 17.5 Å². The van der Waals surface area contributed by atoms with Crippen LogP contribution in [0.3, 0.4) is 0 Å². The van der Waals surface area contributed by atoms with Crippen molar-refractivity contribution in [2.45, 2.75) is 65.6 Å². The summed E-state index contributed by atoms with van der Waals surface area (Å²) in [5.41, 5.74) is -1.99. The predicted octanol–water partition coefficient (Wildman–Crippen LogP) is 4.79. The number of carbonyl (C=O) groups is 3. The lowest BCUT2D eigenvalue weighted by molar-refractivity contribution is -0.193. The topological polar surface area (TPSA) is 102 Å². The maximum atomic E-state index is 13.6. The van der Waals surface area contributed by atoms with Gasteiger partial charge in [0.05, 0.1) is 13.2 Å². The standard InChI is InChI=1S/C28H37NO6/c1-7-26(4)15-22(35-25(33)29-18-8-10-19(34-6)11-9-18)27(5)16(2)14-21(31)28(17(3)24(26)32)13-12-20(30)23(27)28/h7-11,16-17,22-24,32H,1,12-15H2,2-6H3,(H,29,33)/t16?,17-,22+,23-,24-,26+,27-,28-/m0/s1. The summed E-state index contributed by atoms with van der Waals surface area (Å²) in [5, 5.41) is 14.3. The second kappa shape index (κ2) is 8.77. The summed E-state index contributed by atoms with van der Waals surface area (Å²) in [4.78, 5) is 40.2. The number of benzene rings is 1. The third-order valence-corrected chi connectivity index (χ3v) is 9.65. The normalized spacial score (nSPS) is 40.8. The largest absolute Gasteiger partial charge is 0.497 e. The summed E-state index contributed by atoms with van der Waals surface area (Å²) >= 11 is 0. The summed E-state index contributed by atoms with van der Waals surface area (Å²) < 4.78 is 11.3. The fourth-order valence-electron chi connectivity index (χ4n) is 7.25. The van der Waals surface area contributed by atoms with Crippen LogP contribution in [-0.2, 0) is 14.3 Å². The van der Waals surface area contributed by atoms with E-state index in [1.54, 1.807) is 37.5 Å². The van der Waals surface area contributed by atoms with Gasteiger partial charge < -0.3 is 14.6 Å². The third-order valence-electron chi connectivity index (χ3n) is 9.65. The molecule has 0 aromatic heterocycles. The van der Waals surface area contributed by atoms with Gasteiger partial charge >= 0.3 is 6.09 Å². The molecule has 35 heavy (non-hydrogen) atoms. The van der Waals surface area contributed by atoms with E-state index in [0.29, 0.717) is 37.1 Å². The second-order valence-corrected chi connectivity index (χ2v) is 11.2. The number of amides is 1. The molecule has 8 atom stereocenters. The molecule has 2 N–H and O–H groups in total. The number of hydrogen-bond donors (Lipinski definition) is 2. The van der Waals surface area contributed by atoms with Crippen LogP contribution < -0.4 is 10.1 Å². The number of anilines is 1. The first-order valence-corrected chi connectivity index (χ1v) is 12.4. The summed E-state index contributed by atoms with van der Waals surface area (Å²) in [6.07, 6.45) is 0.754. The molecule has 190 valence electrons. The van der Waals surface area contributed by atoms with Gasteiger partial charge in [-0.25, -0.2) is 4.79 Å². The van der Waals surface area contributed by atoms with Crippen LogP contribution in [-0.4, -0.2) is 42.1 Å². The number of nitrogens with one attached hydrogen (secondary N) is 1. The fourth-order valence-corrected chi connectivity index (χ4v) is 7.25. The lowest BCUT2D eigenvalue weighted by Gasteiger charge is -2.60. The van der Waals surface area contributed by atoms with E-state index in [2.05, 4.69) is 11.9 Å². The van der Waals surface area contributed by atoms with Gasteiger partial charge in [-0.05, 0) is 48.9 Å². The first kappa shape index (κ1) is 25.4. The van der Waals surface area contributed by atoms with Gasteiger partial charge in [-0.3, -0.25) is 14.9 Å². The van der Waals surface area contributed by atoms with Gasteiger partial charge in [0.1, 0.15) is 23.4 Å². The van der Waals surface area contributed by atoms with E-state index in [1.807, 2.05) is 27.7 Å². The summed E-state index contributed by atoms with van der Waals surface area (Å²) in [5.74, 6) is -0.472. The maximum Gasteiger partial charge on any atom is 0.411 e. The Morgan fingerprint density at radius 2 is 1.86 bits per heavy atom. The van der Waals surface area contributed by atoms with Crippen molar-refractivity contribution in [1.82, 2.24) is 0 Å². The molecule has 3 fully saturated rings. The van der Waals surface area contributed by atoms with Gasteiger partial charge in [0.2, 0.25) is 0 Å². The van der Waals surface area contributed by atoms with Crippen LogP contribution in [0.4, 0.5) is 10.5 Å². The minimum atomic E-state index is -0.962. The van der Waals surface area contributed by atoms with Crippen molar-refractivity contribution >= 4 is 23.3 Å². The quantitative estimate of drug-likeness (QED) is 0.597. The Bertz CT molecular complexity index is 1040. The number of rotatable bonds is 4. The smallest absolute Gasteiger partial charge is 0.411 e. The molecule has 1 unspecified atom stereocenters. The van der Waals surface area contributed by atoms with E-state index >= 15 is 0 Å². The molecule has 4 rings (SSSR count). The third kappa shape index (κ3) is 3.70. The van der Waals surface area contributed by atoms with Crippen molar-refractivity contribution in [3.63, 3.8) is 0 Å². The summed E-state index contributed by atoms with van der Waals surface area (Å²) in [6, 6.07) is 6.90. The molecule has 0 radical (unpaired) electrons. The lowest BCUT2D eigenvalue weighted by atomic mass is 9.43. The van der Waals surface area contributed by atoms with Crippen LogP contribution in [0.25, 0.3) is 0 Å². The van der Waals surface area contributed by atoms with Gasteiger partial charge in [0.25, 0.3) is 0 Å². The second-order valence-electron chi connectivity index (χ2n) is 11.2. The average molecular weight is 484 g/mol. The number of carbonyl (C=O) groups excluding carboxylic acids is 3. The molecule has 0 saturated heterocycles. The highest BCUT2D eigenvalue weighted by molar-refractivity contribution is 5.98. The Balaban J connectivity index is 1.76. The fraction of sp³-hybridized carbons (Fsp3) is 0.607. The van der Waals surface area contributed by atoms with Crippen LogP contribution in [0.1, 0.15) is 53.4 Å². The maximum absolute atomic E-state index is 13.6. The Morgan fingerprint density at radius 3 is 2.46 bits per heavy atom. The van der Waals surface area contributed by atoms with Crippen LogP contribution in [0.5, 0.6) is 5.75 Å². The zero-order valence-corrected chi connectivity index (χ0v) is 21.3. The minimum Gasteiger partial charge on any atom is -0.497 e. The molecule has 7 nitrogen and oxygen atoms in total. The number of methoxy groups -OCH3 is 1. The van der Waals surface area contributed by atoms with Crippen LogP contribution >= 0.6 is 0 Å². The molecule has 3 aliphatic rings. The van der Waals surface area contributed by atoms with Crippen LogP contribution in [0, 0.1) is 34.0 Å². The van der Waals surface area contributed by atoms with Crippen molar-refractivity contribution in [3.05, 3.63) is 36.9 Å². The van der Waals surface area contributed by atoms with Gasteiger partial charge in [-0.15, -0.1) is 6.58 Å². The molecule has 1 aromatic carbocycles. The van der Waals surface area contributed by atoms with E-state index < -0.39 is 46.4 Å². The van der Waals surface area contributed by atoms with E-state index in [4.69, 9.17) is 9.47 Å². The highest BCUT2D eigenvalue weighted by atomic mass is 16.6. The highest BCUT2D eigenvalue weighted by Crippen LogP contribution is 2.66. The molecule has 2 bridgehead atoms. The number of ether oxygens (including phenoxy) is 2. The predicted molar refractivity (Wildman–Crippen MR) is 132 cm³/mol. The van der Waals surface area contributed by atoms with Crippen molar-refractivity contribution in [2.24, 2.45) is 34.0 Å². The van der Waals surface area contributed by atoms with Gasteiger partial charge in [0, 0.05) is 40.7 Å². The molecule has 0 spiro atoms. The van der Waals surface area contributed by atoms with E-state index in [9.17, 15) is 19.5 Å². The number of aliphatic hydroxyl groups is 1. The van der Waals surface area contributed by atoms with Gasteiger partial charge in [-0.2, -0.15) is 0 Å². The Labute approximate surface area is 207 Å². The monoisotopic (exact) mass is 483 g/mol. The van der Waals surface area contributed by atoms with Crippen molar-refractivity contribution in [3.8, 4) is 5.75 Å². The lowest BCUT2D eigenvalue weighted by Crippen LogP contribution is -2.66. The van der Waals surface area contributed by atoms with Crippen LogP contribution in [0.15, 0.2) is 36.9 Å². The number of hydrogen-bond acceptors (Lipinski definition) is 6. The average Bonchev–Trinajstić information content (AvgIpc) is 3.20. The van der Waals surface area contributed by atoms with Crippen molar-refractivity contribution in [2.75, 3.05) is 12.4 Å². The van der Waals surface area contributed by atoms with Gasteiger partial charge in [-0.1, -0.05) is 33.8 Å². The first-order valence-electron chi connectivity index (χ1n) is 12.4. The minimum absolute atomic E-state index is 0.0258. The molecular weight excluding hydrogens is 446 g/mol. The molecule has 1 amide bonds. The van der Waals surface area contributed by atoms with Crippen molar-refractivity contribution < 1.29 is 29.0 Å². The zero-order valence-electron chi connectivity index (χ0n) is 21.3. The van der Waals surface area contributed by atoms with Crippen molar-refractivity contribution in [1.29, 1.82) is 0 Å².